The summed E-state index contributed by atoms with van der Waals surface area (Å²) in [7, 11) is 0. The Labute approximate surface area is 86.2 Å². The van der Waals surface area contributed by atoms with Crippen molar-refractivity contribution in [3.05, 3.63) is 48.9 Å². The van der Waals surface area contributed by atoms with Gasteiger partial charge in [-0.1, -0.05) is 30.3 Å². The summed E-state index contributed by atoms with van der Waals surface area (Å²) in [5, 5.41) is 7.84. The van der Waals surface area contributed by atoms with E-state index in [0.717, 1.165) is 17.0 Å². The van der Waals surface area contributed by atoms with E-state index in [1.54, 1.807) is 12.5 Å². The van der Waals surface area contributed by atoms with E-state index in [1.807, 2.05) is 40.8 Å². The second-order valence-electron chi connectivity index (χ2n) is 3.19. The maximum Gasteiger partial charge on any atom is 0.163 e. The molecule has 0 unspecified atom stereocenters. The van der Waals surface area contributed by atoms with Crippen molar-refractivity contribution < 1.29 is 0 Å². The minimum absolute atomic E-state index is 0.809. The van der Waals surface area contributed by atoms with Crippen LogP contribution in [0, 0.1) is 0 Å². The Balaban J connectivity index is 2.31. The molecule has 4 nitrogen and oxygen atoms in total. The minimum Gasteiger partial charge on any atom is -0.265 e. The number of nitrogens with zero attached hydrogens (tertiary/aromatic N) is 4. The van der Waals surface area contributed by atoms with Crippen LogP contribution in [-0.4, -0.2) is 19.6 Å². The van der Waals surface area contributed by atoms with Crippen molar-refractivity contribution >= 4 is 5.65 Å². The maximum absolute atomic E-state index is 4.33. The highest BCUT2D eigenvalue weighted by molar-refractivity contribution is 5.58. The molecule has 0 fully saturated rings. The number of benzene rings is 1. The standard InChI is InChI=1S/C11H8N4/c1-2-4-9(5-3-1)11-12-7-6-10-14-13-8-15(10)11/h1-8H. The molecule has 0 bridgehead atoms. The van der Waals surface area contributed by atoms with Gasteiger partial charge in [-0.3, -0.25) is 4.40 Å². The lowest BCUT2D eigenvalue weighted by Gasteiger charge is -2.02. The first-order valence-corrected chi connectivity index (χ1v) is 4.65. The lowest BCUT2D eigenvalue weighted by Crippen LogP contribution is -1.93. The van der Waals surface area contributed by atoms with Gasteiger partial charge in [-0.25, -0.2) is 4.98 Å². The summed E-state index contributed by atoms with van der Waals surface area (Å²) in [5.41, 5.74) is 1.87. The maximum atomic E-state index is 4.33. The Kier molecular flexibility index (Phi) is 1.71. The third-order valence-electron chi connectivity index (χ3n) is 2.25. The Morgan fingerprint density at radius 2 is 1.87 bits per heavy atom. The first-order chi connectivity index (χ1) is 7.45. The zero-order valence-corrected chi connectivity index (χ0v) is 7.91. The molecule has 3 aromatic rings. The van der Waals surface area contributed by atoms with Crippen molar-refractivity contribution in [1.29, 1.82) is 0 Å². The second kappa shape index (κ2) is 3.16. The Morgan fingerprint density at radius 1 is 1.00 bits per heavy atom. The molecule has 0 spiro atoms. The Bertz CT molecular complexity index is 586. The molecule has 0 radical (unpaired) electrons. The molecule has 2 aromatic heterocycles. The third-order valence-corrected chi connectivity index (χ3v) is 2.25. The van der Waals surface area contributed by atoms with Crippen molar-refractivity contribution in [2.75, 3.05) is 0 Å². The molecule has 0 aliphatic carbocycles. The fourth-order valence-corrected chi connectivity index (χ4v) is 1.56. The van der Waals surface area contributed by atoms with E-state index < -0.39 is 0 Å². The molecule has 0 aliphatic heterocycles. The van der Waals surface area contributed by atoms with E-state index in [0.29, 0.717) is 0 Å². The third kappa shape index (κ3) is 1.27. The SMILES string of the molecule is c1ccc(-c2nccc3nncn23)cc1. The minimum atomic E-state index is 0.809. The van der Waals surface area contributed by atoms with Gasteiger partial charge in [0.05, 0.1) is 0 Å². The highest BCUT2D eigenvalue weighted by Gasteiger charge is 2.04. The van der Waals surface area contributed by atoms with Crippen molar-refractivity contribution in [3.63, 3.8) is 0 Å². The number of hydrogen-bond acceptors (Lipinski definition) is 3. The largest absolute Gasteiger partial charge is 0.265 e. The van der Waals surface area contributed by atoms with Crippen LogP contribution in [0.4, 0.5) is 0 Å². The molecule has 0 aliphatic rings. The van der Waals surface area contributed by atoms with Crippen molar-refractivity contribution in [1.82, 2.24) is 19.6 Å². The smallest absolute Gasteiger partial charge is 0.163 e. The molecule has 0 atom stereocenters. The zero-order chi connectivity index (χ0) is 10.1. The van der Waals surface area contributed by atoms with Gasteiger partial charge in [0, 0.05) is 17.8 Å². The van der Waals surface area contributed by atoms with E-state index in [9.17, 15) is 0 Å². The number of hydrogen-bond donors (Lipinski definition) is 0. The van der Waals surface area contributed by atoms with Crippen molar-refractivity contribution in [2.45, 2.75) is 0 Å². The lowest BCUT2D eigenvalue weighted by molar-refractivity contribution is 1.08. The van der Waals surface area contributed by atoms with E-state index in [-0.39, 0.29) is 0 Å². The van der Waals surface area contributed by atoms with Gasteiger partial charge in [0.1, 0.15) is 12.2 Å². The van der Waals surface area contributed by atoms with Gasteiger partial charge in [-0.15, -0.1) is 10.2 Å². The van der Waals surface area contributed by atoms with Crippen molar-refractivity contribution in [2.24, 2.45) is 0 Å². The average Bonchev–Trinajstić information content (AvgIpc) is 2.78. The van der Waals surface area contributed by atoms with Gasteiger partial charge >= 0.3 is 0 Å². The predicted octanol–water partition coefficient (Wildman–Crippen LogP) is 1.79. The molecular formula is C11H8N4. The van der Waals surface area contributed by atoms with Crippen LogP contribution in [0.5, 0.6) is 0 Å². The Morgan fingerprint density at radius 3 is 2.73 bits per heavy atom. The highest BCUT2D eigenvalue weighted by atomic mass is 15.2. The molecule has 1 aromatic carbocycles. The molecule has 0 amide bonds. The first kappa shape index (κ1) is 8.11. The van der Waals surface area contributed by atoms with E-state index in [1.165, 1.54) is 0 Å². The fraction of sp³-hybridized carbons (Fsp3) is 0. The normalized spacial score (nSPS) is 10.7. The average molecular weight is 196 g/mol. The second-order valence-corrected chi connectivity index (χ2v) is 3.19. The zero-order valence-electron chi connectivity index (χ0n) is 7.91. The van der Waals surface area contributed by atoms with Crippen LogP contribution >= 0.6 is 0 Å². The van der Waals surface area contributed by atoms with E-state index in [2.05, 4.69) is 15.2 Å². The van der Waals surface area contributed by atoms with Crippen molar-refractivity contribution in [3.8, 4) is 11.4 Å². The highest BCUT2D eigenvalue weighted by Crippen LogP contribution is 2.16. The van der Waals surface area contributed by atoms with Gasteiger partial charge in [-0.05, 0) is 0 Å². The predicted molar refractivity (Wildman–Crippen MR) is 56.2 cm³/mol. The van der Waals surface area contributed by atoms with Crippen LogP contribution in [0.25, 0.3) is 17.0 Å². The van der Waals surface area contributed by atoms with Crippen LogP contribution in [0.3, 0.4) is 0 Å². The number of fused-ring (bicyclic) bond motifs is 1. The van der Waals surface area contributed by atoms with Gasteiger partial charge < -0.3 is 0 Å². The molecule has 0 saturated carbocycles. The van der Waals surface area contributed by atoms with Gasteiger partial charge in [0.2, 0.25) is 0 Å². The summed E-state index contributed by atoms with van der Waals surface area (Å²) in [6.45, 7) is 0. The van der Waals surface area contributed by atoms with Crippen LogP contribution in [0.2, 0.25) is 0 Å². The molecule has 72 valence electrons. The summed E-state index contributed by atoms with van der Waals surface area (Å²) in [6.07, 6.45) is 3.41. The summed E-state index contributed by atoms with van der Waals surface area (Å²) in [5.74, 6) is 0.859. The molecule has 0 saturated heterocycles. The van der Waals surface area contributed by atoms with Gasteiger partial charge in [0.15, 0.2) is 5.65 Å². The first-order valence-electron chi connectivity index (χ1n) is 4.65. The van der Waals surface area contributed by atoms with Gasteiger partial charge in [0.25, 0.3) is 0 Å². The lowest BCUT2D eigenvalue weighted by atomic mass is 10.2. The molecule has 0 N–H and O–H groups in total. The summed E-state index contributed by atoms with van der Waals surface area (Å²) >= 11 is 0. The van der Waals surface area contributed by atoms with E-state index >= 15 is 0 Å². The molecule has 4 heteroatoms. The molecule has 3 rings (SSSR count). The number of aromatic nitrogens is 4. The summed E-state index contributed by atoms with van der Waals surface area (Å²) < 4.78 is 1.87. The number of rotatable bonds is 1. The quantitative estimate of drug-likeness (QED) is 0.596. The molecule has 15 heavy (non-hydrogen) atoms. The Hall–Kier alpha value is -2.23. The summed E-state index contributed by atoms with van der Waals surface area (Å²) in [4.78, 5) is 4.33. The monoisotopic (exact) mass is 196 g/mol. The molecular weight excluding hydrogens is 188 g/mol. The summed E-state index contributed by atoms with van der Waals surface area (Å²) in [6, 6.07) is 11.8. The topological polar surface area (TPSA) is 43.1 Å². The molecule has 2 heterocycles. The van der Waals surface area contributed by atoms with Crippen LogP contribution in [-0.2, 0) is 0 Å². The van der Waals surface area contributed by atoms with E-state index in [4.69, 9.17) is 0 Å². The van der Waals surface area contributed by atoms with Crippen LogP contribution in [0.1, 0.15) is 0 Å². The van der Waals surface area contributed by atoms with Gasteiger partial charge in [-0.2, -0.15) is 0 Å². The van der Waals surface area contributed by atoms with Crippen LogP contribution < -0.4 is 0 Å². The fourth-order valence-electron chi connectivity index (χ4n) is 1.56. The van der Waals surface area contributed by atoms with Crippen LogP contribution in [0.15, 0.2) is 48.9 Å².